The number of aromatic hydroxyl groups is 2. The van der Waals surface area contributed by atoms with Gasteiger partial charge in [0.2, 0.25) is 11.8 Å². The summed E-state index contributed by atoms with van der Waals surface area (Å²) in [5, 5.41) is 25.7. The second-order valence-corrected chi connectivity index (χ2v) is 11.7. The maximum absolute atomic E-state index is 14.5. The van der Waals surface area contributed by atoms with Gasteiger partial charge in [0.15, 0.2) is 0 Å². The predicted octanol–water partition coefficient (Wildman–Crippen LogP) is 5.53. The van der Waals surface area contributed by atoms with Crippen molar-refractivity contribution in [2.45, 2.75) is 84.7 Å². The van der Waals surface area contributed by atoms with E-state index in [0.717, 1.165) is 5.56 Å². The molecule has 0 saturated carbocycles. The van der Waals surface area contributed by atoms with Crippen molar-refractivity contribution in [1.29, 1.82) is 0 Å². The molecule has 0 aliphatic carbocycles. The summed E-state index contributed by atoms with van der Waals surface area (Å²) < 4.78 is 5.48. The number of carbonyl (C=O) groups excluding carboxylic acids is 3. The fraction of sp³-hybridized carbons (Fsp3) is 0.382. The summed E-state index contributed by atoms with van der Waals surface area (Å²) in [6.45, 7) is 10.9. The highest BCUT2D eigenvalue weighted by molar-refractivity contribution is 5.92. The molecule has 3 aromatic rings. The van der Waals surface area contributed by atoms with Gasteiger partial charge >= 0.3 is 6.09 Å². The number of nitrogens with one attached hydrogen (secondary N) is 2. The van der Waals surface area contributed by atoms with Crippen molar-refractivity contribution >= 4 is 17.9 Å². The Balaban J connectivity index is 2.06. The van der Waals surface area contributed by atoms with Crippen molar-refractivity contribution in [3.63, 3.8) is 0 Å². The smallest absolute Gasteiger partial charge is 0.408 e. The summed E-state index contributed by atoms with van der Waals surface area (Å²) in [7, 11) is 0. The minimum absolute atomic E-state index is 0.0745. The average Bonchev–Trinajstić information content (AvgIpc) is 2.95. The van der Waals surface area contributed by atoms with E-state index in [1.165, 1.54) is 23.1 Å². The number of nitrogens with zero attached hydrogens (tertiary/aromatic N) is 1. The number of alkyl carbamates (subject to hydrolysis) is 1. The number of hydrogen-bond donors (Lipinski definition) is 4. The lowest BCUT2D eigenvalue weighted by atomic mass is 9.96. The second-order valence-electron chi connectivity index (χ2n) is 11.7. The molecule has 0 bridgehead atoms. The van der Waals surface area contributed by atoms with Crippen LogP contribution < -0.4 is 10.6 Å². The van der Waals surface area contributed by atoms with Gasteiger partial charge < -0.3 is 30.5 Å². The summed E-state index contributed by atoms with van der Waals surface area (Å²) in [5.41, 5.74) is 1.88. The van der Waals surface area contributed by atoms with Crippen LogP contribution in [0.4, 0.5) is 4.79 Å². The van der Waals surface area contributed by atoms with Crippen LogP contribution in [0.2, 0.25) is 0 Å². The number of carbonyl (C=O) groups is 3. The van der Waals surface area contributed by atoms with E-state index in [1.54, 1.807) is 52.0 Å². The van der Waals surface area contributed by atoms with E-state index in [0.29, 0.717) is 23.1 Å². The largest absolute Gasteiger partial charge is 0.508 e. The minimum atomic E-state index is -1.09. The summed E-state index contributed by atoms with van der Waals surface area (Å²) >= 11 is 0. The summed E-state index contributed by atoms with van der Waals surface area (Å²) in [4.78, 5) is 43.0. The molecule has 0 aromatic heterocycles. The van der Waals surface area contributed by atoms with Crippen molar-refractivity contribution in [2.75, 3.05) is 0 Å². The van der Waals surface area contributed by atoms with E-state index in [1.807, 2.05) is 44.2 Å². The molecule has 0 aliphatic rings. The Morgan fingerprint density at radius 1 is 0.930 bits per heavy atom. The molecule has 3 amide bonds. The van der Waals surface area contributed by atoms with Gasteiger partial charge in [0.05, 0.1) is 0 Å². The second kappa shape index (κ2) is 14.6. The number of rotatable bonds is 11. The van der Waals surface area contributed by atoms with Gasteiger partial charge in [-0.2, -0.15) is 0 Å². The van der Waals surface area contributed by atoms with Crippen LogP contribution in [0.25, 0.3) is 0 Å². The zero-order valence-corrected chi connectivity index (χ0v) is 25.8. The zero-order valence-electron chi connectivity index (χ0n) is 25.8. The molecular weight excluding hydrogens is 546 g/mol. The Kier molecular flexibility index (Phi) is 11.2. The van der Waals surface area contributed by atoms with Crippen molar-refractivity contribution in [3.8, 4) is 11.5 Å². The van der Waals surface area contributed by atoms with E-state index >= 15 is 0 Å². The van der Waals surface area contributed by atoms with E-state index < -0.39 is 41.6 Å². The lowest BCUT2D eigenvalue weighted by Crippen LogP contribution is -2.56. The number of phenols is 2. The SMILES string of the molecule is CCC(C)N(C(=O)C(Cc1ccc(O)cc1)NC(=O)OC(C)(C)C)C(C(=O)NCc1ccccc1)c1ccc(O)c(C)c1. The van der Waals surface area contributed by atoms with E-state index in [2.05, 4.69) is 10.6 Å². The van der Waals surface area contributed by atoms with Crippen molar-refractivity contribution < 1.29 is 29.3 Å². The molecule has 3 rings (SSSR count). The number of amides is 3. The first-order chi connectivity index (χ1) is 20.3. The van der Waals surface area contributed by atoms with Crippen LogP contribution in [0.1, 0.15) is 69.3 Å². The van der Waals surface area contributed by atoms with E-state index in [4.69, 9.17) is 4.74 Å². The van der Waals surface area contributed by atoms with Crippen LogP contribution in [-0.4, -0.2) is 50.7 Å². The van der Waals surface area contributed by atoms with Crippen LogP contribution in [0.15, 0.2) is 72.8 Å². The first kappa shape index (κ1) is 33.0. The molecule has 9 nitrogen and oxygen atoms in total. The van der Waals surface area contributed by atoms with Gasteiger partial charge in [-0.05, 0) is 87.6 Å². The van der Waals surface area contributed by atoms with Crippen LogP contribution in [0, 0.1) is 6.92 Å². The van der Waals surface area contributed by atoms with Crippen LogP contribution in [0.5, 0.6) is 11.5 Å². The number of aryl methyl sites for hydroxylation is 1. The standard InChI is InChI=1S/C34H43N3O6/c1-7-23(3)37(32(41)28(36-33(42)43-34(4,5)6)20-24-13-16-27(38)17-14-24)30(26-15-18-29(39)22(2)19-26)31(40)35-21-25-11-9-8-10-12-25/h8-19,23,28,30,38-39H,7,20-21H2,1-6H3,(H,35,40)(H,36,42). The maximum Gasteiger partial charge on any atom is 0.408 e. The molecule has 4 N–H and O–H groups in total. The quantitative estimate of drug-likeness (QED) is 0.233. The first-order valence-corrected chi connectivity index (χ1v) is 14.5. The Bertz CT molecular complexity index is 1390. The Hall–Kier alpha value is -4.53. The molecule has 3 atom stereocenters. The number of hydrogen-bond acceptors (Lipinski definition) is 6. The molecule has 230 valence electrons. The Labute approximate surface area is 253 Å². The third kappa shape index (κ3) is 9.49. The molecule has 3 aromatic carbocycles. The highest BCUT2D eigenvalue weighted by Gasteiger charge is 2.38. The lowest BCUT2D eigenvalue weighted by molar-refractivity contribution is -0.145. The zero-order chi connectivity index (χ0) is 31.7. The molecule has 0 spiro atoms. The fourth-order valence-electron chi connectivity index (χ4n) is 4.66. The maximum atomic E-state index is 14.5. The molecule has 0 saturated heterocycles. The first-order valence-electron chi connectivity index (χ1n) is 14.5. The Morgan fingerprint density at radius 3 is 2.16 bits per heavy atom. The van der Waals surface area contributed by atoms with Gasteiger partial charge in [-0.15, -0.1) is 0 Å². The van der Waals surface area contributed by atoms with Crippen LogP contribution >= 0.6 is 0 Å². The van der Waals surface area contributed by atoms with Crippen molar-refractivity contribution in [2.24, 2.45) is 0 Å². The van der Waals surface area contributed by atoms with Gasteiger partial charge in [-0.3, -0.25) is 9.59 Å². The van der Waals surface area contributed by atoms with Crippen LogP contribution in [-0.2, 0) is 27.3 Å². The van der Waals surface area contributed by atoms with Crippen molar-refractivity contribution in [3.05, 3.63) is 95.1 Å². The van der Waals surface area contributed by atoms with E-state index in [-0.39, 0.29) is 24.5 Å². The van der Waals surface area contributed by atoms with Crippen molar-refractivity contribution in [1.82, 2.24) is 15.5 Å². The number of ether oxygens (including phenoxy) is 1. The highest BCUT2D eigenvalue weighted by atomic mass is 16.6. The third-order valence-corrected chi connectivity index (χ3v) is 7.06. The molecule has 0 fully saturated rings. The molecule has 0 heterocycles. The van der Waals surface area contributed by atoms with Gasteiger partial charge in [0.25, 0.3) is 0 Å². The monoisotopic (exact) mass is 589 g/mol. The summed E-state index contributed by atoms with van der Waals surface area (Å²) in [5.74, 6) is -0.724. The van der Waals surface area contributed by atoms with Gasteiger partial charge in [0.1, 0.15) is 29.2 Å². The molecule has 9 heteroatoms. The Morgan fingerprint density at radius 2 is 1.58 bits per heavy atom. The number of phenolic OH excluding ortho intramolecular Hbond substituents is 2. The van der Waals surface area contributed by atoms with Gasteiger partial charge in [0, 0.05) is 19.0 Å². The average molecular weight is 590 g/mol. The van der Waals surface area contributed by atoms with Gasteiger partial charge in [-0.1, -0.05) is 55.5 Å². The molecule has 0 aliphatic heterocycles. The lowest BCUT2D eigenvalue weighted by Gasteiger charge is -2.38. The molecular formula is C34H43N3O6. The molecule has 43 heavy (non-hydrogen) atoms. The fourth-order valence-corrected chi connectivity index (χ4v) is 4.66. The number of benzene rings is 3. The highest BCUT2D eigenvalue weighted by Crippen LogP contribution is 2.30. The third-order valence-electron chi connectivity index (χ3n) is 7.06. The minimum Gasteiger partial charge on any atom is -0.508 e. The normalized spacial score (nSPS) is 13.3. The topological polar surface area (TPSA) is 128 Å². The van der Waals surface area contributed by atoms with Crippen LogP contribution in [0.3, 0.4) is 0 Å². The predicted molar refractivity (Wildman–Crippen MR) is 165 cm³/mol. The van der Waals surface area contributed by atoms with Gasteiger partial charge in [-0.25, -0.2) is 4.79 Å². The van der Waals surface area contributed by atoms with E-state index in [9.17, 15) is 24.6 Å². The summed E-state index contributed by atoms with van der Waals surface area (Å²) in [6, 6.07) is 18.1. The molecule has 3 unspecified atom stereocenters. The molecule has 0 radical (unpaired) electrons. The summed E-state index contributed by atoms with van der Waals surface area (Å²) in [6.07, 6.45) is -0.138.